The molecule has 1 aromatic carbocycles. The lowest BCUT2D eigenvalue weighted by atomic mass is 9.82. The summed E-state index contributed by atoms with van der Waals surface area (Å²) in [7, 11) is 0. The van der Waals surface area contributed by atoms with Crippen molar-refractivity contribution in [3.63, 3.8) is 0 Å². The van der Waals surface area contributed by atoms with E-state index in [9.17, 15) is 24.9 Å². The van der Waals surface area contributed by atoms with E-state index in [4.69, 9.17) is 0 Å². The predicted octanol–water partition coefficient (Wildman–Crippen LogP) is 2.11. The molecule has 0 aliphatic carbocycles. The molecule has 1 aliphatic rings. The van der Waals surface area contributed by atoms with E-state index in [2.05, 4.69) is 0 Å². The highest BCUT2D eigenvalue weighted by molar-refractivity contribution is 5.81. The van der Waals surface area contributed by atoms with Crippen molar-refractivity contribution in [2.24, 2.45) is 0 Å². The molecule has 1 amide bonds. The maximum Gasteiger partial charge on any atom is 0.514 e. The minimum atomic E-state index is -1.61. The first-order valence-corrected chi connectivity index (χ1v) is 7.64. The quantitative estimate of drug-likeness (QED) is 0.741. The molecule has 0 spiro atoms. The van der Waals surface area contributed by atoms with Crippen molar-refractivity contribution in [3.05, 3.63) is 35.9 Å². The summed E-state index contributed by atoms with van der Waals surface area (Å²) in [4.78, 5) is 24.5. The van der Waals surface area contributed by atoms with Gasteiger partial charge in [-0.05, 0) is 26.3 Å². The second-order valence-corrected chi connectivity index (χ2v) is 7.30. The molecule has 6 heteroatoms. The number of aliphatic hydroxyl groups is 1. The third kappa shape index (κ3) is 2.52. The van der Waals surface area contributed by atoms with Gasteiger partial charge in [0.1, 0.15) is 18.2 Å². The summed E-state index contributed by atoms with van der Waals surface area (Å²) in [5, 5.41) is 30.2. The highest BCUT2D eigenvalue weighted by Gasteiger charge is 2.72. The minimum absolute atomic E-state index is 0.0593. The number of carboxylic acid groups (broad SMARTS) is 2. The fourth-order valence-electron chi connectivity index (χ4n) is 4.03. The second kappa shape index (κ2) is 5.62. The van der Waals surface area contributed by atoms with Crippen LogP contribution in [0.1, 0.15) is 32.8 Å². The van der Waals surface area contributed by atoms with Gasteiger partial charge in [-0.1, -0.05) is 30.3 Å². The van der Waals surface area contributed by atoms with Gasteiger partial charge in [-0.25, -0.2) is 9.28 Å². The minimum Gasteiger partial charge on any atom is -0.477 e. The molecule has 23 heavy (non-hydrogen) atoms. The Bertz CT molecular complexity index is 609. The number of aliphatic carboxylic acids is 1. The lowest BCUT2D eigenvalue weighted by molar-refractivity contribution is -0.931. The van der Waals surface area contributed by atoms with Crippen LogP contribution in [0.25, 0.3) is 0 Å². The van der Waals surface area contributed by atoms with E-state index in [1.165, 1.54) is 0 Å². The summed E-state index contributed by atoms with van der Waals surface area (Å²) in [5.74, 6) is -1.18. The Balaban J connectivity index is 2.67. The first kappa shape index (κ1) is 17.4. The van der Waals surface area contributed by atoms with Gasteiger partial charge in [0, 0.05) is 12.8 Å². The van der Waals surface area contributed by atoms with Crippen molar-refractivity contribution in [3.8, 4) is 0 Å². The number of likely N-dealkylation sites (tertiary alicyclic amines) is 1. The SMILES string of the molecule is CC(C)(C)[N+]1(C(=O)O)C[C@H](O)C[C@]1(Cc1ccccc1)C(=O)O. The number of hydrogen-bond donors (Lipinski definition) is 3. The summed E-state index contributed by atoms with van der Waals surface area (Å²) >= 11 is 0. The third-order valence-electron chi connectivity index (χ3n) is 5.00. The normalized spacial score (nSPS) is 31.0. The van der Waals surface area contributed by atoms with Crippen molar-refractivity contribution in [1.29, 1.82) is 0 Å². The van der Waals surface area contributed by atoms with Crippen LogP contribution in [0.5, 0.6) is 0 Å². The topological polar surface area (TPSA) is 94.8 Å². The van der Waals surface area contributed by atoms with Crippen molar-refractivity contribution >= 4 is 12.1 Å². The summed E-state index contributed by atoms with van der Waals surface area (Å²) in [6, 6.07) is 8.98. The lowest BCUT2D eigenvalue weighted by Gasteiger charge is -2.49. The molecule has 3 N–H and O–H groups in total. The van der Waals surface area contributed by atoms with Crippen molar-refractivity contribution in [2.75, 3.05) is 6.54 Å². The lowest BCUT2D eigenvalue weighted by Crippen LogP contribution is -2.75. The molecule has 2 rings (SSSR count). The molecular weight excluding hydrogens is 298 g/mol. The molecule has 1 aliphatic heterocycles. The average Bonchev–Trinajstić information content (AvgIpc) is 2.74. The molecule has 1 heterocycles. The maximum absolute atomic E-state index is 12.3. The van der Waals surface area contributed by atoms with Crippen molar-refractivity contribution in [2.45, 2.75) is 50.8 Å². The standard InChI is InChI=1S/C17H23NO5/c1-16(2,3)18(15(22)23)11-13(19)10-17(18,14(20)21)9-12-7-5-4-6-8-12/h4-8,13,19H,9-11H2,1-3H3,(H-,20,21,22,23)/p+1/t13-,17-,18?/m1/s1. The first-order valence-electron chi connectivity index (χ1n) is 7.64. The van der Waals surface area contributed by atoms with E-state index in [0.717, 1.165) is 5.56 Å². The molecule has 0 bridgehead atoms. The Morgan fingerprint density at radius 1 is 1.22 bits per heavy atom. The number of amides is 1. The Morgan fingerprint density at radius 2 is 1.78 bits per heavy atom. The molecule has 6 nitrogen and oxygen atoms in total. The van der Waals surface area contributed by atoms with Gasteiger partial charge in [-0.15, -0.1) is 0 Å². The Kier molecular flexibility index (Phi) is 4.26. The summed E-state index contributed by atoms with van der Waals surface area (Å²) in [6.45, 7) is 5.02. The Labute approximate surface area is 135 Å². The first-order chi connectivity index (χ1) is 10.6. The van der Waals surface area contributed by atoms with Crippen LogP contribution in [0.4, 0.5) is 4.79 Å². The molecule has 126 valence electrons. The molecule has 3 atom stereocenters. The number of quaternary nitrogens is 1. The summed E-state index contributed by atoms with van der Waals surface area (Å²) in [6.07, 6.45) is -2.21. The number of rotatable bonds is 3. The van der Waals surface area contributed by atoms with E-state index in [-0.39, 0.29) is 19.4 Å². The average molecular weight is 322 g/mol. The van der Waals surface area contributed by atoms with Crippen molar-refractivity contribution in [1.82, 2.24) is 0 Å². The van der Waals surface area contributed by atoms with E-state index in [0.29, 0.717) is 0 Å². The van der Waals surface area contributed by atoms with Gasteiger partial charge in [-0.3, -0.25) is 0 Å². The van der Waals surface area contributed by atoms with Gasteiger partial charge in [0.25, 0.3) is 0 Å². The van der Waals surface area contributed by atoms with Crippen LogP contribution in [-0.2, 0) is 11.2 Å². The van der Waals surface area contributed by atoms with Crippen LogP contribution < -0.4 is 0 Å². The zero-order valence-corrected chi connectivity index (χ0v) is 13.7. The van der Waals surface area contributed by atoms with Gasteiger partial charge >= 0.3 is 12.1 Å². The maximum atomic E-state index is 12.3. The van der Waals surface area contributed by atoms with Crippen LogP contribution in [0.3, 0.4) is 0 Å². The monoisotopic (exact) mass is 322 g/mol. The Morgan fingerprint density at radius 3 is 2.22 bits per heavy atom. The van der Waals surface area contributed by atoms with Gasteiger partial charge < -0.3 is 15.3 Å². The largest absolute Gasteiger partial charge is 0.514 e. The van der Waals surface area contributed by atoms with E-state index in [1.807, 2.05) is 6.07 Å². The number of hydrogen-bond acceptors (Lipinski definition) is 3. The molecule has 0 saturated carbocycles. The molecule has 1 saturated heterocycles. The number of benzene rings is 1. The zero-order valence-electron chi connectivity index (χ0n) is 13.7. The molecule has 1 unspecified atom stereocenters. The van der Waals surface area contributed by atoms with E-state index >= 15 is 0 Å². The summed E-state index contributed by atoms with van der Waals surface area (Å²) < 4.78 is -0.689. The van der Waals surface area contributed by atoms with Gasteiger partial charge in [0.2, 0.25) is 5.54 Å². The van der Waals surface area contributed by atoms with Crippen molar-refractivity contribution < 1.29 is 29.4 Å². The number of nitrogens with zero attached hydrogens (tertiary/aromatic N) is 1. The fourth-order valence-corrected chi connectivity index (χ4v) is 4.03. The van der Waals surface area contributed by atoms with Gasteiger partial charge in [0.05, 0.1) is 0 Å². The van der Waals surface area contributed by atoms with Crippen LogP contribution in [0.15, 0.2) is 30.3 Å². The highest BCUT2D eigenvalue weighted by Crippen LogP contribution is 2.46. The third-order valence-corrected chi connectivity index (χ3v) is 5.00. The second-order valence-electron chi connectivity index (χ2n) is 7.30. The van der Waals surface area contributed by atoms with Crippen LogP contribution >= 0.6 is 0 Å². The highest BCUT2D eigenvalue weighted by atomic mass is 16.4. The smallest absolute Gasteiger partial charge is 0.477 e. The number of aliphatic hydroxyl groups excluding tert-OH is 1. The van der Waals surface area contributed by atoms with Crippen LogP contribution in [0.2, 0.25) is 0 Å². The molecule has 1 aromatic rings. The molecule has 1 fully saturated rings. The Hall–Kier alpha value is -1.92. The summed E-state index contributed by atoms with van der Waals surface area (Å²) in [5.41, 5.74) is -1.74. The molecule has 0 aromatic heterocycles. The number of carboxylic acids is 1. The zero-order chi connectivity index (χ0) is 17.5. The van der Waals surface area contributed by atoms with Gasteiger partial charge in [-0.2, -0.15) is 4.79 Å². The van der Waals surface area contributed by atoms with Crippen LogP contribution in [-0.4, -0.2) is 55.6 Å². The van der Waals surface area contributed by atoms with E-state index in [1.54, 1.807) is 45.0 Å². The van der Waals surface area contributed by atoms with E-state index < -0.39 is 33.7 Å². The predicted molar refractivity (Wildman–Crippen MR) is 84.0 cm³/mol. The van der Waals surface area contributed by atoms with Crippen LogP contribution in [0, 0.1) is 0 Å². The number of carbonyl (C=O) groups is 2. The fraction of sp³-hybridized carbons (Fsp3) is 0.529. The molecular formula is C17H24NO5+. The molecule has 0 radical (unpaired) electrons. The van der Waals surface area contributed by atoms with Gasteiger partial charge in [0.15, 0.2) is 0 Å².